The summed E-state index contributed by atoms with van der Waals surface area (Å²) in [7, 11) is 0. The van der Waals surface area contributed by atoms with Gasteiger partial charge in [-0.15, -0.1) is 0 Å². The monoisotopic (exact) mass is 384 g/mol. The molecule has 7 nitrogen and oxygen atoms in total. The van der Waals surface area contributed by atoms with Crippen LogP contribution >= 0.6 is 0 Å². The predicted molar refractivity (Wildman–Crippen MR) is 110 cm³/mol. The van der Waals surface area contributed by atoms with E-state index >= 15 is 0 Å². The van der Waals surface area contributed by atoms with Gasteiger partial charge < -0.3 is 14.7 Å². The Morgan fingerprint density at radius 2 is 1.86 bits per heavy atom. The Labute approximate surface area is 166 Å². The molecule has 1 aromatic heterocycles. The van der Waals surface area contributed by atoms with Crippen molar-refractivity contribution in [1.29, 1.82) is 0 Å². The summed E-state index contributed by atoms with van der Waals surface area (Å²) in [4.78, 5) is 22.0. The van der Waals surface area contributed by atoms with Crippen LogP contribution in [0.1, 0.15) is 13.3 Å². The van der Waals surface area contributed by atoms with E-state index in [9.17, 15) is 9.90 Å². The molecular formula is C21H28N4O3. The van der Waals surface area contributed by atoms with Gasteiger partial charge in [0.25, 0.3) is 0 Å². The molecule has 0 bridgehead atoms. The second kappa shape index (κ2) is 9.94. The molecule has 0 spiro atoms. The van der Waals surface area contributed by atoms with Crippen LogP contribution < -0.4 is 14.5 Å². The Hall–Kier alpha value is -2.80. The van der Waals surface area contributed by atoms with Crippen molar-refractivity contribution in [2.24, 2.45) is 0 Å². The number of benzene rings is 1. The van der Waals surface area contributed by atoms with Crippen molar-refractivity contribution in [3.05, 3.63) is 48.8 Å². The molecule has 150 valence electrons. The van der Waals surface area contributed by atoms with Crippen molar-refractivity contribution < 1.29 is 14.6 Å². The molecule has 3 rings (SSSR count). The van der Waals surface area contributed by atoms with Gasteiger partial charge in [-0.2, -0.15) is 0 Å². The van der Waals surface area contributed by atoms with E-state index in [-0.39, 0.29) is 0 Å². The van der Waals surface area contributed by atoms with Crippen LogP contribution in [0.2, 0.25) is 0 Å². The second-order valence-corrected chi connectivity index (χ2v) is 6.72. The SMILES string of the molecule is CCOc1ccccc1N(CCCN1CCN(c2ccncc2)CC1)C(=O)O. The summed E-state index contributed by atoms with van der Waals surface area (Å²) in [6.07, 6.45) is 3.47. The number of anilines is 2. The quantitative estimate of drug-likeness (QED) is 0.754. The molecule has 1 fully saturated rings. The van der Waals surface area contributed by atoms with Crippen LogP contribution in [0.4, 0.5) is 16.2 Å². The number of pyridine rings is 1. The molecule has 1 aromatic carbocycles. The van der Waals surface area contributed by atoms with Crippen LogP contribution in [0.5, 0.6) is 5.75 Å². The van der Waals surface area contributed by atoms with Gasteiger partial charge in [0, 0.05) is 50.8 Å². The summed E-state index contributed by atoms with van der Waals surface area (Å²) < 4.78 is 5.59. The maximum absolute atomic E-state index is 11.8. The molecule has 1 amide bonds. The van der Waals surface area contributed by atoms with Crippen LogP contribution in [0.3, 0.4) is 0 Å². The Balaban J connectivity index is 1.50. The highest BCUT2D eigenvalue weighted by Crippen LogP contribution is 2.28. The van der Waals surface area contributed by atoms with Gasteiger partial charge >= 0.3 is 6.09 Å². The van der Waals surface area contributed by atoms with Crippen molar-refractivity contribution in [1.82, 2.24) is 9.88 Å². The lowest BCUT2D eigenvalue weighted by atomic mass is 10.2. The number of ether oxygens (including phenoxy) is 1. The number of aromatic nitrogens is 1. The van der Waals surface area contributed by atoms with E-state index in [0.29, 0.717) is 24.6 Å². The first kappa shape index (κ1) is 19.9. The maximum atomic E-state index is 11.8. The van der Waals surface area contributed by atoms with Gasteiger partial charge in [-0.25, -0.2) is 4.79 Å². The minimum atomic E-state index is -0.949. The van der Waals surface area contributed by atoms with Gasteiger partial charge in [-0.3, -0.25) is 14.8 Å². The molecule has 0 unspecified atom stereocenters. The summed E-state index contributed by atoms with van der Waals surface area (Å²) in [5.41, 5.74) is 1.82. The van der Waals surface area contributed by atoms with Crippen molar-refractivity contribution >= 4 is 17.5 Å². The van der Waals surface area contributed by atoms with Crippen LogP contribution in [0.25, 0.3) is 0 Å². The number of carboxylic acid groups (broad SMARTS) is 1. The molecule has 1 aliphatic rings. The largest absolute Gasteiger partial charge is 0.492 e. The molecule has 1 saturated heterocycles. The van der Waals surface area contributed by atoms with Gasteiger partial charge in [0.2, 0.25) is 0 Å². The van der Waals surface area contributed by atoms with Crippen LogP contribution in [0.15, 0.2) is 48.8 Å². The first-order valence-electron chi connectivity index (χ1n) is 9.78. The number of piperazine rings is 1. The summed E-state index contributed by atoms with van der Waals surface area (Å²) in [6, 6.07) is 11.4. The number of nitrogens with zero attached hydrogens (tertiary/aromatic N) is 4. The third kappa shape index (κ3) is 5.13. The molecule has 2 heterocycles. The van der Waals surface area contributed by atoms with E-state index < -0.39 is 6.09 Å². The van der Waals surface area contributed by atoms with E-state index in [0.717, 1.165) is 39.1 Å². The Kier molecular flexibility index (Phi) is 7.08. The van der Waals surface area contributed by atoms with E-state index in [1.54, 1.807) is 6.07 Å². The van der Waals surface area contributed by atoms with E-state index in [4.69, 9.17) is 4.74 Å². The summed E-state index contributed by atoms with van der Waals surface area (Å²) in [5.74, 6) is 0.610. The molecule has 1 aliphatic heterocycles. The van der Waals surface area contributed by atoms with Gasteiger partial charge in [0.1, 0.15) is 5.75 Å². The number of rotatable bonds is 8. The van der Waals surface area contributed by atoms with Crippen LogP contribution in [0, 0.1) is 0 Å². The van der Waals surface area contributed by atoms with Crippen molar-refractivity contribution in [3.63, 3.8) is 0 Å². The van der Waals surface area contributed by atoms with E-state index in [1.807, 2.05) is 49.6 Å². The average Bonchev–Trinajstić information content (AvgIpc) is 2.73. The Morgan fingerprint density at radius 3 is 2.54 bits per heavy atom. The van der Waals surface area contributed by atoms with Crippen LogP contribution in [-0.4, -0.2) is 67.0 Å². The predicted octanol–water partition coefficient (Wildman–Crippen LogP) is 3.18. The minimum Gasteiger partial charge on any atom is -0.492 e. The van der Waals surface area contributed by atoms with Crippen molar-refractivity contribution in [2.45, 2.75) is 13.3 Å². The fourth-order valence-electron chi connectivity index (χ4n) is 3.51. The fourth-order valence-corrected chi connectivity index (χ4v) is 3.51. The van der Waals surface area contributed by atoms with Crippen molar-refractivity contribution in [2.75, 3.05) is 55.7 Å². The third-order valence-electron chi connectivity index (χ3n) is 4.94. The lowest BCUT2D eigenvalue weighted by molar-refractivity contribution is 0.200. The second-order valence-electron chi connectivity index (χ2n) is 6.72. The highest BCUT2D eigenvalue weighted by Gasteiger charge is 2.20. The van der Waals surface area contributed by atoms with E-state index in [1.165, 1.54) is 10.6 Å². The van der Waals surface area contributed by atoms with Gasteiger partial charge in [-0.05, 0) is 44.2 Å². The average molecular weight is 384 g/mol. The highest BCUT2D eigenvalue weighted by molar-refractivity contribution is 5.88. The maximum Gasteiger partial charge on any atom is 0.411 e. The van der Waals surface area contributed by atoms with Gasteiger partial charge in [0.15, 0.2) is 0 Å². The summed E-state index contributed by atoms with van der Waals surface area (Å²) >= 11 is 0. The molecule has 0 radical (unpaired) electrons. The number of carbonyl (C=O) groups is 1. The normalized spacial score (nSPS) is 14.7. The van der Waals surface area contributed by atoms with Gasteiger partial charge in [0.05, 0.1) is 12.3 Å². The standard InChI is InChI=1S/C21H28N4O3/c1-2-28-20-7-4-3-6-19(20)25(21(26)27)13-5-12-23-14-16-24(17-15-23)18-8-10-22-11-9-18/h3-4,6-11H,2,5,12-17H2,1H3,(H,26,27). The molecule has 0 saturated carbocycles. The fraction of sp³-hybridized carbons (Fsp3) is 0.429. The van der Waals surface area contributed by atoms with E-state index in [2.05, 4.69) is 14.8 Å². The number of para-hydroxylation sites is 2. The van der Waals surface area contributed by atoms with Crippen LogP contribution in [-0.2, 0) is 0 Å². The first-order valence-corrected chi connectivity index (χ1v) is 9.78. The zero-order chi connectivity index (χ0) is 19.8. The summed E-state index contributed by atoms with van der Waals surface area (Å²) in [6.45, 7) is 7.63. The molecule has 1 N–H and O–H groups in total. The van der Waals surface area contributed by atoms with Gasteiger partial charge in [-0.1, -0.05) is 12.1 Å². The molecule has 0 aliphatic carbocycles. The smallest absolute Gasteiger partial charge is 0.411 e. The number of amides is 1. The Morgan fingerprint density at radius 1 is 1.14 bits per heavy atom. The number of hydrogen-bond donors (Lipinski definition) is 1. The summed E-state index contributed by atoms with van der Waals surface area (Å²) in [5, 5.41) is 9.66. The molecule has 7 heteroatoms. The molecular weight excluding hydrogens is 356 g/mol. The molecule has 0 atom stereocenters. The topological polar surface area (TPSA) is 69.1 Å². The Bertz CT molecular complexity index is 748. The molecule has 28 heavy (non-hydrogen) atoms. The first-order chi connectivity index (χ1) is 13.7. The zero-order valence-corrected chi connectivity index (χ0v) is 16.3. The number of hydrogen-bond acceptors (Lipinski definition) is 5. The lowest BCUT2D eigenvalue weighted by Gasteiger charge is -2.36. The lowest BCUT2D eigenvalue weighted by Crippen LogP contribution is -2.47. The highest BCUT2D eigenvalue weighted by atomic mass is 16.5. The zero-order valence-electron chi connectivity index (χ0n) is 16.3. The van der Waals surface area contributed by atoms with Crippen molar-refractivity contribution in [3.8, 4) is 5.75 Å². The third-order valence-corrected chi connectivity index (χ3v) is 4.94. The minimum absolute atomic E-state index is 0.448. The molecule has 2 aromatic rings.